The maximum Gasteiger partial charge on any atom is 0.245 e. The van der Waals surface area contributed by atoms with E-state index in [1.807, 2.05) is 0 Å². The van der Waals surface area contributed by atoms with E-state index in [-0.39, 0.29) is 25.0 Å². The lowest BCUT2D eigenvalue weighted by atomic mass is 10.2. The first-order valence-electron chi connectivity index (χ1n) is 3.99. The number of carbonyl (C=O) groups is 2. The van der Waals surface area contributed by atoms with Gasteiger partial charge in [0.2, 0.25) is 11.8 Å². The van der Waals surface area contributed by atoms with Crippen LogP contribution in [0.2, 0.25) is 0 Å². The van der Waals surface area contributed by atoms with Crippen LogP contribution in [0.25, 0.3) is 0 Å². The van der Waals surface area contributed by atoms with Crippen LogP contribution in [0.5, 0.6) is 0 Å². The SMILES string of the molecule is C=CCOC[C@H]1NC(=O)CNC1=O. The lowest BCUT2D eigenvalue weighted by molar-refractivity contribution is -0.135. The Balaban J connectivity index is 2.33. The number of rotatable bonds is 4. The van der Waals surface area contributed by atoms with E-state index in [0.717, 1.165) is 0 Å². The van der Waals surface area contributed by atoms with E-state index in [1.54, 1.807) is 6.08 Å². The smallest absolute Gasteiger partial charge is 0.245 e. The highest BCUT2D eigenvalue weighted by Crippen LogP contribution is 1.91. The Morgan fingerprint density at radius 2 is 2.38 bits per heavy atom. The molecule has 0 aromatic carbocycles. The van der Waals surface area contributed by atoms with Crippen LogP contribution < -0.4 is 10.6 Å². The van der Waals surface area contributed by atoms with Crippen molar-refractivity contribution in [3.63, 3.8) is 0 Å². The van der Waals surface area contributed by atoms with Gasteiger partial charge in [-0.05, 0) is 0 Å². The summed E-state index contributed by atoms with van der Waals surface area (Å²) < 4.78 is 5.05. The zero-order chi connectivity index (χ0) is 9.68. The number of hydrogen-bond acceptors (Lipinski definition) is 3. The summed E-state index contributed by atoms with van der Waals surface area (Å²) >= 11 is 0. The third-order valence-electron chi connectivity index (χ3n) is 1.60. The molecule has 5 nitrogen and oxygen atoms in total. The van der Waals surface area contributed by atoms with E-state index in [2.05, 4.69) is 17.2 Å². The van der Waals surface area contributed by atoms with Crippen LogP contribution in [0, 0.1) is 0 Å². The summed E-state index contributed by atoms with van der Waals surface area (Å²) in [6, 6.07) is -0.568. The van der Waals surface area contributed by atoms with E-state index < -0.39 is 6.04 Å². The van der Waals surface area contributed by atoms with Crippen molar-refractivity contribution < 1.29 is 14.3 Å². The maximum absolute atomic E-state index is 11.1. The van der Waals surface area contributed by atoms with Gasteiger partial charge >= 0.3 is 0 Å². The Morgan fingerprint density at radius 1 is 1.62 bits per heavy atom. The minimum absolute atomic E-state index is 0.0524. The molecule has 1 aliphatic heterocycles. The minimum atomic E-state index is -0.568. The van der Waals surface area contributed by atoms with Gasteiger partial charge in [-0.2, -0.15) is 0 Å². The number of ether oxygens (including phenoxy) is 1. The molecule has 0 saturated carbocycles. The molecule has 2 amide bonds. The molecular weight excluding hydrogens is 172 g/mol. The van der Waals surface area contributed by atoms with Crippen molar-refractivity contribution in [2.24, 2.45) is 0 Å². The predicted octanol–water partition coefficient (Wildman–Crippen LogP) is -1.20. The zero-order valence-corrected chi connectivity index (χ0v) is 7.21. The second-order valence-electron chi connectivity index (χ2n) is 2.66. The van der Waals surface area contributed by atoms with E-state index in [4.69, 9.17) is 4.74 Å². The van der Waals surface area contributed by atoms with Crippen LogP contribution in [0.15, 0.2) is 12.7 Å². The second kappa shape index (κ2) is 4.61. The molecule has 1 fully saturated rings. The highest BCUT2D eigenvalue weighted by atomic mass is 16.5. The molecule has 2 N–H and O–H groups in total. The molecule has 0 aromatic rings. The molecule has 1 aliphatic rings. The topological polar surface area (TPSA) is 67.4 Å². The molecule has 0 spiro atoms. The number of carbonyl (C=O) groups excluding carboxylic acids is 2. The molecule has 1 saturated heterocycles. The summed E-state index contributed by atoms with van der Waals surface area (Å²) in [6.45, 7) is 4.08. The fourth-order valence-corrected chi connectivity index (χ4v) is 0.988. The van der Waals surface area contributed by atoms with Crippen molar-refractivity contribution in [1.29, 1.82) is 0 Å². The molecule has 0 aromatic heterocycles. The minimum Gasteiger partial charge on any atom is -0.375 e. The fourth-order valence-electron chi connectivity index (χ4n) is 0.988. The van der Waals surface area contributed by atoms with Gasteiger partial charge in [-0.1, -0.05) is 6.08 Å². The van der Waals surface area contributed by atoms with Crippen LogP contribution in [0.4, 0.5) is 0 Å². The quantitative estimate of drug-likeness (QED) is 0.426. The largest absolute Gasteiger partial charge is 0.375 e. The van der Waals surface area contributed by atoms with Crippen molar-refractivity contribution in [1.82, 2.24) is 10.6 Å². The highest BCUT2D eigenvalue weighted by Gasteiger charge is 2.25. The predicted molar refractivity (Wildman–Crippen MR) is 46.0 cm³/mol. The first-order chi connectivity index (χ1) is 6.24. The molecule has 13 heavy (non-hydrogen) atoms. The van der Waals surface area contributed by atoms with E-state index >= 15 is 0 Å². The summed E-state index contributed by atoms with van der Waals surface area (Å²) in [7, 11) is 0. The lowest BCUT2D eigenvalue weighted by Gasteiger charge is -2.22. The molecule has 1 rings (SSSR count). The molecule has 1 atom stereocenters. The second-order valence-corrected chi connectivity index (χ2v) is 2.66. The monoisotopic (exact) mass is 184 g/mol. The fraction of sp³-hybridized carbons (Fsp3) is 0.500. The molecule has 72 valence electrons. The van der Waals surface area contributed by atoms with Crippen molar-refractivity contribution in [2.45, 2.75) is 6.04 Å². The molecule has 0 unspecified atom stereocenters. The molecule has 0 radical (unpaired) electrons. The molecule has 5 heteroatoms. The Morgan fingerprint density at radius 3 is 3.08 bits per heavy atom. The molecule has 0 bridgehead atoms. The van der Waals surface area contributed by atoms with E-state index in [0.29, 0.717) is 6.61 Å². The lowest BCUT2D eigenvalue weighted by Crippen LogP contribution is -2.57. The standard InChI is InChI=1S/C8H12N2O3/c1-2-3-13-5-6-8(12)9-4-7(11)10-6/h2,6H,1,3-5H2,(H,9,12)(H,10,11)/t6-/m1/s1. The van der Waals surface area contributed by atoms with Gasteiger partial charge in [0.1, 0.15) is 6.04 Å². The Labute approximate surface area is 76.1 Å². The molecule has 0 aliphatic carbocycles. The number of nitrogens with one attached hydrogen (secondary N) is 2. The van der Waals surface area contributed by atoms with Gasteiger partial charge < -0.3 is 15.4 Å². The molecular formula is C8H12N2O3. The van der Waals surface area contributed by atoms with Gasteiger partial charge in [-0.3, -0.25) is 9.59 Å². The van der Waals surface area contributed by atoms with Gasteiger partial charge in [0.05, 0.1) is 19.8 Å². The Kier molecular flexibility index (Phi) is 3.45. The van der Waals surface area contributed by atoms with Crippen LogP contribution >= 0.6 is 0 Å². The van der Waals surface area contributed by atoms with Crippen LogP contribution in [0.3, 0.4) is 0 Å². The van der Waals surface area contributed by atoms with Crippen LogP contribution in [-0.2, 0) is 14.3 Å². The normalized spacial score (nSPS) is 22.0. The zero-order valence-electron chi connectivity index (χ0n) is 7.21. The summed E-state index contributed by atoms with van der Waals surface area (Å²) in [5, 5.41) is 4.97. The van der Waals surface area contributed by atoms with Crippen molar-refractivity contribution in [3.05, 3.63) is 12.7 Å². The Hall–Kier alpha value is -1.36. The highest BCUT2D eigenvalue weighted by molar-refractivity contribution is 5.94. The first-order valence-corrected chi connectivity index (χ1v) is 3.99. The van der Waals surface area contributed by atoms with E-state index in [9.17, 15) is 9.59 Å². The molecule has 1 heterocycles. The van der Waals surface area contributed by atoms with Gasteiger partial charge in [0, 0.05) is 0 Å². The van der Waals surface area contributed by atoms with E-state index in [1.165, 1.54) is 0 Å². The Bertz CT molecular complexity index is 227. The summed E-state index contributed by atoms with van der Waals surface area (Å²) in [4.78, 5) is 22.0. The number of amides is 2. The number of hydrogen-bond donors (Lipinski definition) is 2. The first kappa shape index (κ1) is 9.73. The maximum atomic E-state index is 11.1. The number of piperazine rings is 1. The van der Waals surface area contributed by atoms with Crippen molar-refractivity contribution in [2.75, 3.05) is 19.8 Å². The van der Waals surface area contributed by atoms with Gasteiger partial charge in [-0.25, -0.2) is 0 Å². The van der Waals surface area contributed by atoms with Crippen LogP contribution in [0.1, 0.15) is 0 Å². The summed E-state index contributed by atoms with van der Waals surface area (Å²) in [5.74, 6) is -0.393. The van der Waals surface area contributed by atoms with Crippen molar-refractivity contribution in [3.8, 4) is 0 Å². The average Bonchev–Trinajstić information content (AvgIpc) is 2.11. The summed E-state index contributed by atoms with van der Waals surface area (Å²) in [5.41, 5.74) is 0. The van der Waals surface area contributed by atoms with Gasteiger partial charge in [-0.15, -0.1) is 6.58 Å². The third kappa shape index (κ3) is 2.87. The van der Waals surface area contributed by atoms with Crippen LogP contribution in [-0.4, -0.2) is 37.6 Å². The average molecular weight is 184 g/mol. The van der Waals surface area contributed by atoms with Gasteiger partial charge in [0.25, 0.3) is 0 Å². The summed E-state index contributed by atoms with van der Waals surface area (Å²) in [6.07, 6.45) is 1.59. The van der Waals surface area contributed by atoms with Gasteiger partial charge in [0.15, 0.2) is 0 Å². The third-order valence-corrected chi connectivity index (χ3v) is 1.60. The van der Waals surface area contributed by atoms with Crippen molar-refractivity contribution >= 4 is 11.8 Å².